The molecule has 0 atom stereocenters. The number of alkyl halides is 3. The van der Waals surface area contributed by atoms with Crippen molar-refractivity contribution in [1.82, 2.24) is 9.97 Å². The number of nitrogens with zero attached hydrogens (tertiary/aromatic N) is 2. The van der Waals surface area contributed by atoms with Gasteiger partial charge in [-0.1, -0.05) is 12.1 Å². The van der Waals surface area contributed by atoms with E-state index in [4.69, 9.17) is 0 Å². The van der Waals surface area contributed by atoms with Crippen LogP contribution in [0.4, 0.5) is 40.7 Å². The number of benzene rings is 2. The molecular formula is C19H16F4N4O. The van der Waals surface area contributed by atoms with E-state index in [1.165, 1.54) is 12.1 Å². The topological polar surface area (TPSA) is 59.1 Å². The Morgan fingerprint density at radius 2 is 1.64 bits per heavy atom. The molecule has 0 saturated carbocycles. The molecule has 146 valence electrons. The van der Waals surface area contributed by atoms with Crippen molar-refractivity contribution in [3.8, 4) is 5.75 Å². The Balaban J connectivity index is 1.81. The number of hydrogen-bond donors (Lipinski definition) is 2. The van der Waals surface area contributed by atoms with Crippen LogP contribution in [0.25, 0.3) is 0 Å². The van der Waals surface area contributed by atoms with E-state index in [9.17, 15) is 17.6 Å². The van der Waals surface area contributed by atoms with E-state index in [0.29, 0.717) is 0 Å². The van der Waals surface area contributed by atoms with E-state index >= 15 is 0 Å². The molecular weight excluding hydrogens is 376 g/mol. The lowest BCUT2D eigenvalue weighted by Gasteiger charge is -2.12. The molecule has 1 heterocycles. The second-order valence-electron chi connectivity index (χ2n) is 6.09. The van der Waals surface area contributed by atoms with Gasteiger partial charge in [0.15, 0.2) is 11.6 Å². The molecule has 0 saturated heterocycles. The molecule has 0 aliphatic rings. The summed E-state index contributed by atoms with van der Waals surface area (Å²) in [4.78, 5) is 7.95. The summed E-state index contributed by atoms with van der Waals surface area (Å²) in [7, 11) is 0. The van der Waals surface area contributed by atoms with Gasteiger partial charge in [0.2, 0.25) is 5.95 Å². The van der Waals surface area contributed by atoms with Gasteiger partial charge in [-0.2, -0.15) is 4.98 Å². The zero-order valence-electron chi connectivity index (χ0n) is 14.9. The number of nitrogens with one attached hydrogen (secondary N) is 2. The minimum atomic E-state index is -4.82. The maximum Gasteiger partial charge on any atom is 0.573 e. The third-order valence-electron chi connectivity index (χ3n) is 3.55. The first-order valence-corrected chi connectivity index (χ1v) is 8.19. The first-order chi connectivity index (χ1) is 13.2. The molecule has 28 heavy (non-hydrogen) atoms. The zero-order chi connectivity index (χ0) is 20.3. The smallest absolute Gasteiger partial charge is 0.406 e. The van der Waals surface area contributed by atoms with E-state index in [-0.39, 0.29) is 17.5 Å². The Morgan fingerprint density at radius 1 is 0.929 bits per heavy atom. The first kappa shape index (κ1) is 19.4. The molecule has 0 aliphatic heterocycles. The number of rotatable bonds is 5. The molecule has 3 aromatic rings. The summed E-state index contributed by atoms with van der Waals surface area (Å²) in [5.41, 5.74) is 2.97. The minimum absolute atomic E-state index is 0.136. The normalized spacial score (nSPS) is 11.2. The molecule has 1 aromatic heterocycles. The highest BCUT2D eigenvalue weighted by Crippen LogP contribution is 2.27. The number of aryl methyl sites for hydroxylation is 2. The molecule has 0 radical (unpaired) electrons. The summed E-state index contributed by atoms with van der Waals surface area (Å²) in [6.45, 7) is 3.87. The van der Waals surface area contributed by atoms with Gasteiger partial charge in [0.1, 0.15) is 5.75 Å². The van der Waals surface area contributed by atoms with Gasteiger partial charge in [-0.15, -0.1) is 13.2 Å². The average Bonchev–Trinajstić information content (AvgIpc) is 2.56. The zero-order valence-corrected chi connectivity index (χ0v) is 14.9. The maximum atomic E-state index is 14.1. The molecule has 9 heteroatoms. The lowest BCUT2D eigenvalue weighted by molar-refractivity contribution is -0.274. The molecule has 0 bridgehead atoms. The quantitative estimate of drug-likeness (QED) is 0.552. The van der Waals surface area contributed by atoms with Gasteiger partial charge < -0.3 is 15.4 Å². The van der Waals surface area contributed by atoms with Gasteiger partial charge in [0.05, 0.1) is 6.20 Å². The van der Waals surface area contributed by atoms with Crippen LogP contribution in [-0.4, -0.2) is 16.3 Å². The van der Waals surface area contributed by atoms with E-state index in [2.05, 4.69) is 25.3 Å². The maximum absolute atomic E-state index is 14.1. The van der Waals surface area contributed by atoms with E-state index in [0.717, 1.165) is 35.1 Å². The fourth-order valence-electron chi connectivity index (χ4n) is 2.60. The largest absolute Gasteiger partial charge is 0.573 e. The van der Waals surface area contributed by atoms with Crippen molar-refractivity contribution in [2.24, 2.45) is 0 Å². The fraction of sp³-hybridized carbons (Fsp3) is 0.158. The summed E-state index contributed by atoms with van der Waals surface area (Å²) < 4.78 is 55.0. The highest BCUT2D eigenvalue weighted by molar-refractivity contribution is 5.61. The number of aromatic nitrogens is 2. The molecule has 0 spiro atoms. The fourth-order valence-corrected chi connectivity index (χ4v) is 2.60. The molecule has 3 rings (SSSR count). The molecule has 0 unspecified atom stereocenters. The molecule has 0 amide bonds. The van der Waals surface area contributed by atoms with Gasteiger partial charge in [-0.3, -0.25) is 0 Å². The van der Waals surface area contributed by atoms with Crippen LogP contribution < -0.4 is 15.4 Å². The second-order valence-corrected chi connectivity index (χ2v) is 6.09. The van der Waals surface area contributed by atoms with Crippen LogP contribution in [0, 0.1) is 19.7 Å². The van der Waals surface area contributed by atoms with Gasteiger partial charge in [0, 0.05) is 17.4 Å². The van der Waals surface area contributed by atoms with Gasteiger partial charge in [0.25, 0.3) is 0 Å². The van der Waals surface area contributed by atoms with Crippen molar-refractivity contribution >= 4 is 23.1 Å². The summed E-state index contributed by atoms with van der Waals surface area (Å²) in [6, 6.07) is 10.8. The van der Waals surface area contributed by atoms with Crippen LogP contribution in [-0.2, 0) is 0 Å². The molecule has 2 aromatic carbocycles. The first-order valence-electron chi connectivity index (χ1n) is 8.19. The third-order valence-corrected chi connectivity index (χ3v) is 3.55. The Hall–Kier alpha value is -3.36. The summed E-state index contributed by atoms with van der Waals surface area (Å²) >= 11 is 0. The summed E-state index contributed by atoms with van der Waals surface area (Å²) in [6.07, 6.45) is -3.85. The van der Waals surface area contributed by atoms with Crippen LogP contribution in [0.2, 0.25) is 0 Å². The Kier molecular flexibility index (Phi) is 5.34. The standard InChI is InChI=1S/C19H16F4N4O/c1-11-6-12(2)8-14(7-11)26-18-24-10-16(20)17(27-18)25-13-4-3-5-15(9-13)28-19(21,22)23/h3-10H,1-2H3,(H2,24,25,26,27). The molecule has 0 aliphatic carbocycles. The van der Waals surface area contributed by atoms with Crippen molar-refractivity contribution in [2.45, 2.75) is 20.2 Å². The number of ether oxygens (including phenoxy) is 1. The highest BCUT2D eigenvalue weighted by atomic mass is 19.4. The van der Waals surface area contributed by atoms with Crippen LogP contribution in [0.15, 0.2) is 48.7 Å². The van der Waals surface area contributed by atoms with Crippen LogP contribution >= 0.6 is 0 Å². The third kappa shape index (κ3) is 5.32. The Morgan fingerprint density at radius 3 is 2.32 bits per heavy atom. The van der Waals surface area contributed by atoms with Crippen molar-refractivity contribution in [3.05, 3.63) is 65.6 Å². The van der Waals surface area contributed by atoms with Crippen molar-refractivity contribution in [3.63, 3.8) is 0 Å². The number of hydrogen-bond acceptors (Lipinski definition) is 5. The number of halogens is 4. The van der Waals surface area contributed by atoms with E-state index in [1.807, 2.05) is 32.0 Å². The average molecular weight is 392 g/mol. The lowest BCUT2D eigenvalue weighted by Crippen LogP contribution is -2.17. The van der Waals surface area contributed by atoms with Crippen molar-refractivity contribution in [1.29, 1.82) is 0 Å². The Bertz CT molecular complexity index is 972. The van der Waals surface area contributed by atoms with Crippen molar-refractivity contribution < 1.29 is 22.3 Å². The van der Waals surface area contributed by atoms with Crippen LogP contribution in [0.1, 0.15) is 11.1 Å². The molecule has 5 nitrogen and oxygen atoms in total. The highest BCUT2D eigenvalue weighted by Gasteiger charge is 2.31. The summed E-state index contributed by atoms with van der Waals surface area (Å²) in [5.74, 6) is -1.24. The molecule has 2 N–H and O–H groups in total. The molecule has 0 fully saturated rings. The predicted octanol–water partition coefficient (Wildman–Crippen LogP) is 5.62. The van der Waals surface area contributed by atoms with Gasteiger partial charge in [-0.05, 0) is 49.2 Å². The monoisotopic (exact) mass is 392 g/mol. The summed E-state index contributed by atoms with van der Waals surface area (Å²) in [5, 5.41) is 5.61. The van der Waals surface area contributed by atoms with Gasteiger partial charge >= 0.3 is 6.36 Å². The van der Waals surface area contributed by atoms with Crippen LogP contribution in [0.3, 0.4) is 0 Å². The van der Waals surface area contributed by atoms with E-state index < -0.39 is 17.9 Å². The van der Waals surface area contributed by atoms with Gasteiger partial charge in [-0.25, -0.2) is 9.37 Å². The predicted molar refractivity (Wildman–Crippen MR) is 97.6 cm³/mol. The van der Waals surface area contributed by atoms with Crippen molar-refractivity contribution in [2.75, 3.05) is 10.6 Å². The Labute approximate surface area is 158 Å². The van der Waals surface area contributed by atoms with Crippen LogP contribution in [0.5, 0.6) is 5.75 Å². The second kappa shape index (κ2) is 7.71. The number of anilines is 4. The van der Waals surface area contributed by atoms with E-state index in [1.54, 1.807) is 0 Å². The minimum Gasteiger partial charge on any atom is -0.406 e. The SMILES string of the molecule is Cc1cc(C)cc(Nc2ncc(F)c(Nc3cccc(OC(F)(F)F)c3)n2)c1. The lowest BCUT2D eigenvalue weighted by atomic mass is 10.1.